The normalized spacial score (nSPS) is 16.3. The Bertz CT molecular complexity index is 708. The topological polar surface area (TPSA) is 60.0 Å². The molecule has 1 aliphatic rings. The Hall–Kier alpha value is -2.73. The molecule has 1 aliphatic heterocycles. The highest BCUT2D eigenvalue weighted by Gasteiger charge is 2.26. The van der Waals surface area contributed by atoms with Crippen molar-refractivity contribution in [1.82, 2.24) is 4.90 Å². The van der Waals surface area contributed by atoms with Crippen LogP contribution in [-0.2, 0) is 4.74 Å². The number of para-hydroxylation sites is 3. The van der Waals surface area contributed by atoms with Gasteiger partial charge in [-0.1, -0.05) is 30.3 Å². The number of carbonyl (C=O) groups is 1. The highest BCUT2D eigenvalue weighted by molar-refractivity contribution is 5.91. The van der Waals surface area contributed by atoms with Gasteiger partial charge in [0.1, 0.15) is 24.7 Å². The average molecular weight is 356 g/mol. The lowest BCUT2D eigenvalue weighted by Gasteiger charge is -2.18. The van der Waals surface area contributed by atoms with Crippen molar-refractivity contribution < 1.29 is 19.0 Å². The van der Waals surface area contributed by atoms with Gasteiger partial charge in [-0.15, -0.1) is 0 Å². The lowest BCUT2D eigenvalue weighted by Crippen LogP contribution is -2.34. The predicted molar refractivity (Wildman–Crippen MR) is 99.9 cm³/mol. The molecule has 0 radical (unpaired) electrons. The SMILES string of the molecule is CO[C@@H]1CCN(C(=O)Nc2ccccc2OCCOc2ccccc2)C1. The maximum absolute atomic E-state index is 12.4. The first kappa shape index (κ1) is 18.1. The van der Waals surface area contributed by atoms with Crippen molar-refractivity contribution in [2.45, 2.75) is 12.5 Å². The van der Waals surface area contributed by atoms with E-state index in [2.05, 4.69) is 5.32 Å². The number of urea groups is 1. The molecule has 0 unspecified atom stereocenters. The van der Waals surface area contributed by atoms with Crippen LogP contribution in [0.2, 0.25) is 0 Å². The van der Waals surface area contributed by atoms with E-state index in [0.29, 0.717) is 37.7 Å². The number of hydrogen-bond acceptors (Lipinski definition) is 4. The summed E-state index contributed by atoms with van der Waals surface area (Å²) >= 11 is 0. The third-order valence-electron chi connectivity index (χ3n) is 4.25. The minimum Gasteiger partial charge on any atom is -0.490 e. The summed E-state index contributed by atoms with van der Waals surface area (Å²) in [5.74, 6) is 1.43. The number of benzene rings is 2. The molecule has 0 bridgehead atoms. The molecule has 3 rings (SSSR count). The van der Waals surface area contributed by atoms with Crippen molar-refractivity contribution in [2.75, 3.05) is 38.7 Å². The standard InChI is InChI=1S/C20H24N2O4/c1-24-17-11-12-22(15-17)20(23)21-18-9-5-6-10-19(18)26-14-13-25-16-7-3-2-4-8-16/h2-10,17H,11-15H2,1H3,(H,21,23)/t17-/m1/s1. The number of amides is 2. The molecule has 0 aromatic heterocycles. The van der Waals surface area contributed by atoms with Crippen LogP contribution in [0.4, 0.5) is 10.5 Å². The second-order valence-electron chi connectivity index (χ2n) is 6.03. The first-order valence-corrected chi connectivity index (χ1v) is 8.74. The number of hydrogen-bond donors (Lipinski definition) is 1. The highest BCUT2D eigenvalue weighted by Crippen LogP contribution is 2.25. The van der Waals surface area contributed by atoms with E-state index in [1.165, 1.54) is 0 Å². The molecule has 1 N–H and O–H groups in total. The third kappa shape index (κ3) is 4.89. The fraction of sp³-hybridized carbons (Fsp3) is 0.350. The molecule has 2 amide bonds. The molecular weight excluding hydrogens is 332 g/mol. The summed E-state index contributed by atoms with van der Waals surface area (Å²) in [6.07, 6.45) is 0.973. The van der Waals surface area contributed by atoms with Crippen molar-refractivity contribution in [3.05, 3.63) is 54.6 Å². The van der Waals surface area contributed by atoms with Crippen LogP contribution in [0.3, 0.4) is 0 Å². The summed E-state index contributed by atoms with van der Waals surface area (Å²) in [4.78, 5) is 14.2. The van der Waals surface area contributed by atoms with E-state index in [4.69, 9.17) is 14.2 Å². The first-order valence-electron chi connectivity index (χ1n) is 8.74. The number of methoxy groups -OCH3 is 1. The zero-order valence-corrected chi connectivity index (χ0v) is 14.9. The van der Waals surface area contributed by atoms with Crippen molar-refractivity contribution >= 4 is 11.7 Å². The lowest BCUT2D eigenvalue weighted by atomic mass is 10.3. The zero-order chi connectivity index (χ0) is 18.2. The fourth-order valence-electron chi connectivity index (χ4n) is 2.82. The Morgan fingerprint density at radius 2 is 1.81 bits per heavy atom. The first-order chi connectivity index (χ1) is 12.8. The molecule has 26 heavy (non-hydrogen) atoms. The number of anilines is 1. The third-order valence-corrected chi connectivity index (χ3v) is 4.25. The van der Waals surface area contributed by atoms with Crippen molar-refractivity contribution in [3.8, 4) is 11.5 Å². The molecule has 0 spiro atoms. The molecule has 2 aromatic rings. The maximum atomic E-state index is 12.4. The van der Waals surface area contributed by atoms with E-state index in [9.17, 15) is 4.79 Å². The monoisotopic (exact) mass is 356 g/mol. The van der Waals surface area contributed by atoms with Gasteiger partial charge >= 0.3 is 6.03 Å². The molecule has 1 heterocycles. The second-order valence-corrected chi connectivity index (χ2v) is 6.03. The number of ether oxygens (including phenoxy) is 3. The number of likely N-dealkylation sites (tertiary alicyclic amines) is 1. The van der Waals surface area contributed by atoms with E-state index in [0.717, 1.165) is 12.2 Å². The van der Waals surface area contributed by atoms with Crippen LogP contribution in [0.1, 0.15) is 6.42 Å². The highest BCUT2D eigenvalue weighted by atomic mass is 16.5. The molecular formula is C20H24N2O4. The largest absolute Gasteiger partial charge is 0.490 e. The smallest absolute Gasteiger partial charge is 0.322 e. The minimum atomic E-state index is -0.138. The van der Waals surface area contributed by atoms with Crippen LogP contribution in [-0.4, -0.2) is 50.4 Å². The number of nitrogens with one attached hydrogen (secondary N) is 1. The summed E-state index contributed by atoms with van der Waals surface area (Å²) in [6, 6.07) is 16.9. The van der Waals surface area contributed by atoms with Gasteiger partial charge in [0.15, 0.2) is 0 Å². The summed E-state index contributed by atoms with van der Waals surface area (Å²) in [7, 11) is 1.67. The molecule has 0 saturated carbocycles. The van der Waals surface area contributed by atoms with Gasteiger partial charge in [-0.25, -0.2) is 4.79 Å². The fourth-order valence-corrected chi connectivity index (χ4v) is 2.82. The molecule has 2 aromatic carbocycles. The van der Waals surface area contributed by atoms with Gasteiger partial charge in [0.2, 0.25) is 0 Å². The van der Waals surface area contributed by atoms with E-state index in [1.807, 2.05) is 54.6 Å². The maximum Gasteiger partial charge on any atom is 0.322 e. The molecule has 1 saturated heterocycles. The van der Waals surface area contributed by atoms with E-state index in [1.54, 1.807) is 12.0 Å². The van der Waals surface area contributed by atoms with Crippen LogP contribution in [0, 0.1) is 0 Å². The van der Waals surface area contributed by atoms with E-state index in [-0.39, 0.29) is 12.1 Å². The number of rotatable bonds is 7. The quantitative estimate of drug-likeness (QED) is 0.773. The van der Waals surface area contributed by atoms with Gasteiger partial charge in [-0.05, 0) is 30.7 Å². The van der Waals surface area contributed by atoms with E-state index >= 15 is 0 Å². The van der Waals surface area contributed by atoms with Crippen molar-refractivity contribution in [3.63, 3.8) is 0 Å². The summed E-state index contributed by atoms with van der Waals surface area (Å²) in [6.45, 7) is 2.11. The van der Waals surface area contributed by atoms with Crippen LogP contribution >= 0.6 is 0 Å². The Morgan fingerprint density at radius 1 is 1.08 bits per heavy atom. The van der Waals surface area contributed by atoms with Gasteiger partial charge < -0.3 is 24.4 Å². The molecule has 138 valence electrons. The average Bonchev–Trinajstić information content (AvgIpc) is 3.17. The number of nitrogens with zero attached hydrogens (tertiary/aromatic N) is 1. The van der Waals surface area contributed by atoms with Gasteiger partial charge in [-0.3, -0.25) is 0 Å². The Balaban J connectivity index is 1.50. The van der Waals surface area contributed by atoms with Crippen LogP contribution in [0.5, 0.6) is 11.5 Å². The van der Waals surface area contributed by atoms with Gasteiger partial charge in [0.05, 0.1) is 11.8 Å². The molecule has 0 aliphatic carbocycles. The van der Waals surface area contributed by atoms with Crippen molar-refractivity contribution in [1.29, 1.82) is 0 Å². The van der Waals surface area contributed by atoms with Crippen LogP contribution < -0.4 is 14.8 Å². The number of carbonyl (C=O) groups excluding carboxylic acids is 1. The minimum absolute atomic E-state index is 0.113. The zero-order valence-electron chi connectivity index (χ0n) is 14.9. The molecule has 1 atom stereocenters. The van der Waals surface area contributed by atoms with Gasteiger partial charge in [0, 0.05) is 20.2 Å². The van der Waals surface area contributed by atoms with E-state index < -0.39 is 0 Å². The van der Waals surface area contributed by atoms with Crippen molar-refractivity contribution in [2.24, 2.45) is 0 Å². The lowest BCUT2D eigenvalue weighted by molar-refractivity contribution is 0.111. The Labute approximate surface area is 153 Å². The summed E-state index contributed by atoms with van der Waals surface area (Å²) in [5.41, 5.74) is 0.651. The van der Waals surface area contributed by atoms with Crippen LogP contribution in [0.15, 0.2) is 54.6 Å². The molecule has 1 fully saturated rings. The Morgan fingerprint density at radius 3 is 2.58 bits per heavy atom. The van der Waals surface area contributed by atoms with Gasteiger partial charge in [-0.2, -0.15) is 0 Å². The van der Waals surface area contributed by atoms with Gasteiger partial charge in [0.25, 0.3) is 0 Å². The Kier molecular flexibility index (Phi) is 6.33. The molecule has 6 nitrogen and oxygen atoms in total. The van der Waals surface area contributed by atoms with Crippen LogP contribution in [0.25, 0.3) is 0 Å². The predicted octanol–water partition coefficient (Wildman–Crippen LogP) is 3.40. The second kappa shape index (κ2) is 9.10. The summed E-state index contributed by atoms with van der Waals surface area (Å²) < 4.78 is 16.7. The molecule has 6 heteroatoms. The summed E-state index contributed by atoms with van der Waals surface area (Å²) in [5, 5.41) is 2.92.